The highest BCUT2D eigenvalue weighted by Gasteiger charge is 2.33. The van der Waals surface area contributed by atoms with Crippen molar-refractivity contribution in [3.05, 3.63) is 94.0 Å². The fourth-order valence-electron chi connectivity index (χ4n) is 4.14. The Kier molecular flexibility index (Phi) is 9.93. The van der Waals surface area contributed by atoms with E-state index in [4.69, 9.17) is 4.74 Å². The van der Waals surface area contributed by atoms with Crippen LogP contribution in [0.15, 0.2) is 77.3 Å². The molecule has 0 unspecified atom stereocenters. The zero-order valence-electron chi connectivity index (χ0n) is 21.8. The van der Waals surface area contributed by atoms with Gasteiger partial charge < -0.3 is 15.0 Å². The molecular weight excluding hydrogens is 570 g/mol. The number of carbonyl (C=O) groups excluding carboxylic acids is 2. The maximum Gasteiger partial charge on any atom is 0.244 e. The van der Waals surface area contributed by atoms with Gasteiger partial charge >= 0.3 is 0 Å². The highest BCUT2D eigenvalue weighted by molar-refractivity contribution is 9.10. The molecule has 0 aromatic heterocycles. The third-order valence-electron chi connectivity index (χ3n) is 6.04. The monoisotopic (exact) mass is 601 g/mol. The fraction of sp³-hybridized carbons (Fsp3) is 0.286. The zero-order valence-corrected chi connectivity index (χ0v) is 24.3. The van der Waals surface area contributed by atoms with E-state index < -0.39 is 28.5 Å². The lowest BCUT2D eigenvalue weighted by molar-refractivity contribution is -0.139. The van der Waals surface area contributed by atoms with Crippen molar-refractivity contribution in [3.63, 3.8) is 0 Å². The molecule has 0 aliphatic heterocycles. The molecule has 3 aromatic rings. The Morgan fingerprint density at radius 2 is 1.68 bits per heavy atom. The van der Waals surface area contributed by atoms with E-state index >= 15 is 0 Å². The molecule has 0 heterocycles. The van der Waals surface area contributed by atoms with Gasteiger partial charge in [0.2, 0.25) is 21.8 Å². The molecule has 1 atom stereocenters. The molecule has 1 N–H and O–H groups in total. The molecule has 0 radical (unpaired) electrons. The van der Waals surface area contributed by atoms with Crippen molar-refractivity contribution in [1.82, 2.24) is 10.2 Å². The summed E-state index contributed by atoms with van der Waals surface area (Å²) in [4.78, 5) is 28.6. The van der Waals surface area contributed by atoms with Crippen LogP contribution in [0.5, 0.6) is 5.75 Å². The van der Waals surface area contributed by atoms with Crippen molar-refractivity contribution in [1.29, 1.82) is 0 Å². The minimum Gasteiger partial charge on any atom is -0.495 e. The first-order valence-electron chi connectivity index (χ1n) is 11.9. The van der Waals surface area contributed by atoms with Gasteiger partial charge in [-0.2, -0.15) is 0 Å². The molecule has 3 rings (SSSR count). The van der Waals surface area contributed by atoms with Crippen molar-refractivity contribution >= 4 is 43.5 Å². The Hall–Kier alpha value is -3.37. The number of ether oxygens (including phenoxy) is 1. The molecule has 0 bridgehead atoms. The Morgan fingerprint density at radius 3 is 2.29 bits per heavy atom. The van der Waals surface area contributed by atoms with Gasteiger partial charge in [-0.05, 0) is 47.9 Å². The Balaban J connectivity index is 2.07. The second kappa shape index (κ2) is 12.9. The average molecular weight is 603 g/mol. The van der Waals surface area contributed by atoms with Crippen LogP contribution < -0.4 is 14.4 Å². The first-order valence-corrected chi connectivity index (χ1v) is 14.6. The lowest BCUT2D eigenvalue weighted by Gasteiger charge is -2.33. The van der Waals surface area contributed by atoms with E-state index in [9.17, 15) is 18.0 Å². The number of aryl methyl sites for hydroxylation is 1. The molecule has 0 saturated carbocycles. The number of anilines is 1. The molecule has 0 aliphatic carbocycles. The van der Waals surface area contributed by atoms with E-state index in [0.717, 1.165) is 31.7 Å². The largest absolute Gasteiger partial charge is 0.495 e. The summed E-state index contributed by atoms with van der Waals surface area (Å²) in [6.45, 7) is 1.42. The Bertz CT molecular complexity index is 1380. The minimum absolute atomic E-state index is 0.103. The van der Waals surface area contributed by atoms with Crippen LogP contribution in [0.3, 0.4) is 0 Å². The van der Waals surface area contributed by atoms with E-state index in [-0.39, 0.29) is 24.6 Å². The van der Waals surface area contributed by atoms with E-state index in [1.807, 2.05) is 61.5 Å². The second-order valence-electron chi connectivity index (χ2n) is 8.92. The summed E-state index contributed by atoms with van der Waals surface area (Å²) >= 11 is 3.46. The summed E-state index contributed by atoms with van der Waals surface area (Å²) in [7, 11) is -0.930. The van der Waals surface area contributed by atoms with Crippen LogP contribution >= 0.6 is 15.9 Å². The number of hydrogen-bond donors (Lipinski definition) is 1. The number of nitrogens with zero attached hydrogens (tertiary/aromatic N) is 2. The molecule has 0 aliphatic rings. The minimum atomic E-state index is -3.89. The van der Waals surface area contributed by atoms with E-state index in [0.29, 0.717) is 5.75 Å². The second-order valence-corrected chi connectivity index (χ2v) is 11.7. The van der Waals surface area contributed by atoms with Gasteiger partial charge in [-0.25, -0.2) is 8.42 Å². The first-order chi connectivity index (χ1) is 18.0. The zero-order chi connectivity index (χ0) is 27.9. The van der Waals surface area contributed by atoms with Crippen LogP contribution in [0.25, 0.3) is 0 Å². The number of rotatable bonds is 11. The lowest BCUT2D eigenvalue weighted by atomic mass is 10.0. The standard InChI is InChI=1S/C28H32BrN3O5S/c1-20-13-14-26(37-3)24(15-20)32(38(4,35)36)19-27(33)31(18-22-11-8-12-23(29)16-22)25(28(34)30-2)17-21-9-6-5-7-10-21/h5-16,25H,17-19H2,1-4H3,(H,30,34)/t25-/m1/s1. The SMILES string of the molecule is CNC(=O)[C@@H](Cc1ccccc1)N(Cc1cccc(Br)c1)C(=O)CN(c1cc(C)ccc1OC)S(C)(=O)=O. The van der Waals surface area contributed by atoms with Crippen molar-refractivity contribution in [2.75, 3.05) is 31.3 Å². The van der Waals surface area contributed by atoms with E-state index in [2.05, 4.69) is 21.2 Å². The number of benzene rings is 3. The van der Waals surface area contributed by atoms with Gasteiger partial charge in [0.25, 0.3) is 0 Å². The van der Waals surface area contributed by atoms with Crippen molar-refractivity contribution < 1.29 is 22.7 Å². The van der Waals surface area contributed by atoms with Gasteiger partial charge in [0.1, 0.15) is 18.3 Å². The van der Waals surface area contributed by atoms with E-state index in [1.54, 1.807) is 18.2 Å². The van der Waals surface area contributed by atoms with Gasteiger partial charge in [0.05, 0.1) is 19.1 Å². The maximum absolute atomic E-state index is 14.0. The van der Waals surface area contributed by atoms with Crippen LogP contribution in [-0.2, 0) is 32.6 Å². The number of nitrogens with one attached hydrogen (secondary N) is 1. The number of amides is 2. The average Bonchev–Trinajstić information content (AvgIpc) is 2.88. The van der Waals surface area contributed by atoms with Crippen molar-refractivity contribution in [2.45, 2.75) is 25.9 Å². The summed E-state index contributed by atoms with van der Waals surface area (Å²) in [6.07, 6.45) is 1.30. The summed E-state index contributed by atoms with van der Waals surface area (Å²) in [5.74, 6) is -0.556. The van der Waals surface area contributed by atoms with E-state index in [1.165, 1.54) is 19.1 Å². The van der Waals surface area contributed by atoms with Gasteiger partial charge in [0, 0.05) is 24.5 Å². The number of sulfonamides is 1. The molecule has 8 nitrogen and oxygen atoms in total. The highest BCUT2D eigenvalue weighted by atomic mass is 79.9. The molecule has 10 heteroatoms. The van der Waals surface area contributed by atoms with Gasteiger partial charge in [-0.3, -0.25) is 13.9 Å². The predicted octanol–water partition coefficient (Wildman–Crippen LogP) is 3.92. The number of halogens is 1. The summed E-state index contributed by atoms with van der Waals surface area (Å²) in [5, 5.41) is 2.66. The highest BCUT2D eigenvalue weighted by Crippen LogP contribution is 2.31. The van der Waals surface area contributed by atoms with Gasteiger partial charge in [0.15, 0.2) is 0 Å². The fourth-order valence-corrected chi connectivity index (χ4v) is 5.43. The van der Waals surface area contributed by atoms with Crippen LogP contribution in [0.2, 0.25) is 0 Å². The Morgan fingerprint density at radius 1 is 1.00 bits per heavy atom. The van der Waals surface area contributed by atoms with Crippen molar-refractivity contribution in [3.8, 4) is 5.75 Å². The topological polar surface area (TPSA) is 96.0 Å². The third-order valence-corrected chi connectivity index (χ3v) is 7.66. The lowest BCUT2D eigenvalue weighted by Crippen LogP contribution is -2.52. The molecular formula is C28H32BrN3O5S. The van der Waals surface area contributed by atoms with Crippen LogP contribution in [0, 0.1) is 6.92 Å². The van der Waals surface area contributed by atoms with Crippen LogP contribution in [0.4, 0.5) is 5.69 Å². The number of methoxy groups -OCH3 is 1. The maximum atomic E-state index is 14.0. The van der Waals surface area contributed by atoms with Crippen molar-refractivity contribution in [2.24, 2.45) is 0 Å². The molecule has 38 heavy (non-hydrogen) atoms. The predicted molar refractivity (Wildman–Crippen MR) is 153 cm³/mol. The molecule has 0 saturated heterocycles. The molecule has 2 amide bonds. The smallest absolute Gasteiger partial charge is 0.244 e. The molecule has 0 spiro atoms. The van der Waals surface area contributed by atoms with Crippen LogP contribution in [-0.4, -0.2) is 58.1 Å². The molecule has 0 fully saturated rings. The number of carbonyl (C=O) groups is 2. The number of likely N-dealkylation sites (N-methyl/N-ethyl adjacent to an activating group) is 1. The van der Waals surface area contributed by atoms with Gasteiger partial charge in [-0.15, -0.1) is 0 Å². The summed E-state index contributed by atoms with van der Waals surface area (Å²) in [5.41, 5.74) is 2.72. The Labute approximate surface area is 232 Å². The quantitative estimate of drug-likeness (QED) is 0.359. The normalized spacial score (nSPS) is 11.9. The molecule has 3 aromatic carbocycles. The first kappa shape index (κ1) is 29.2. The third kappa shape index (κ3) is 7.58. The van der Waals surface area contributed by atoms with Gasteiger partial charge in [-0.1, -0.05) is 64.5 Å². The summed E-state index contributed by atoms with van der Waals surface area (Å²) < 4.78 is 33.1. The molecule has 202 valence electrons. The number of hydrogen-bond acceptors (Lipinski definition) is 5. The summed E-state index contributed by atoms with van der Waals surface area (Å²) in [6, 6.07) is 21.0. The van der Waals surface area contributed by atoms with Crippen LogP contribution in [0.1, 0.15) is 16.7 Å².